The molecule has 4 rings (SSSR count). The van der Waals surface area contributed by atoms with Crippen molar-refractivity contribution in [1.29, 1.82) is 0 Å². The summed E-state index contributed by atoms with van der Waals surface area (Å²) in [5.41, 5.74) is 4.31. The summed E-state index contributed by atoms with van der Waals surface area (Å²) >= 11 is 12.4. The van der Waals surface area contributed by atoms with E-state index >= 15 is 0 Å². The van der Waals surface area contributed by atoms with Gasteiger partial charge in [-0.25, -0.2) is 15.0 Å². The van der Waals surface area contributed by atoms with E-state index in [1.165, 1.54) is 21.9 Å². The molecular formula is C33H36Cl2FN5O5. The molecule has 0 radical (unpaired) electrons. The summed E-state index contributed by atoms with van der Waals surface area (Å²) in [4.78, 5) is 58.5. The van der Waals surface area contributed by atoms with Gasteiger partial charge in [0.25, 0.3) is 5.91 Å². The number of amides is 5. The van der Waals surface area contributed by atoms with Gasteiger partial charge < -0.3 is 14.5 Å². The summed E-state index contributed by atoms with van der Waals surface area (Å²) in [5.74, 6) is 4.07. The van der Waals surface area contributed by atoms with Gasteiger partial charge in [0.05, 0.1) is 13.5 Å². The Kier molecular flexibility index (Phi) is 12.0. The van der Waals surface area contributed by atoms with Crippen molar-refractivity contribution in [3.63, 3.8) is 0 Å². The molecule has 0 aromatic heterocycles. The molecule has 13 heteroatoms. The summed E-state index contributed by atoms with van der Waals surface area (Å²) in [5, 5.41) is 0.905. The summed E-state index contributed by atoms with van der Waals surface area (Å²) < 4.78 is 18.7. The van der Waals surface area contributed by atoms with Gasteiger partial charge in [0, 0.05) is 29.7 Å². The van der Waals surface area contributed by atoms with Gasteiger partial charge >= 0.3 is 6.03 Å². The van der Waals surface area contributed by atoms with Crippen LogP contribution in [0.25, 0.3) is 0 Å². The third kappa shape index (κ3) is 8.54. The maximum atomic E-state index is 14.1. The number of carbonyl (C=O) groups is 4. The molecular weight excluding hydrogens is 636 g/mol. The minimum atomic E-state index is -1.29. The molecule has 244 valence electrons. The Morgan fingerprint density at radius 2 is 1.59 bits per heavy atom. The number of nitrogens with one attached hydrogen (secondary N) is 1. The second kappa shape index (κ2) is 15.9. The smallest absolute Gasteiger partial charge is 0.338 e. The number of nitrogens with zero attached hydrogens (tertiary/aromatic N) is 3. The third-order valence-corrected chi connectivity index (χ3v) is 8.65. The van der Waals surface area contributed by atoms with Crippen LogP contribution >= 0.6 is 23.2 Å². The number of hydrazine groups is 1. The van der Waals surface area contributed by atoms with Crippen molar-refractivity contribution in [3.05, 3.63) is 99.3 Å². The highest BCUT2D eigenvalue weighted by atomic mass is 35.5. The molecule has 1 aliphatic heterocycles. The predicted molar refractivity (Wildman–Crippen MR) is 173 cm³/mol. The number of methoxy groups -OCH3 is 1. The monoisotopic (exact) mass is 671 g/mol. The number of benzene rings is 3. The van der Waals surface area contributed by atoms with Crippen LogP contribution in [0.3, 0.4) is 0 Å². The standard InChI is InChI=1S/C33H36Cl2FN5O5/c1-21-31(43)40(16-13-22-3-9-26(36)10-4-22)29(20-30(42)39(21)18-15-24-7-8-25(34)19-28(24)35)32(44)41(33(45)38-37)17-14-23-5-11-27(46-2)12-6-23/h3-12,19,21,29H,13-18,20,37H2,1-2H3,(H,38,45). The molecule has 2 unspecified atom stereocenters. The van der Waals surface area contributed by atoms with Crippen molar-refractivity contribution in [2.24, 2.45) is 5.84 Å². The Bertz CT molecular complexity index is 1560. The molecule has 10 nitrogen and oxygen atoms in total. The van der Waals surface area contributed by atoms with Gasteiger partial charge in [0.2, 0.25) is 11.8 Å². The fourth-order valence-electron chi connectivity index (χ4n) is 5.41. The van der Waals surface area contributed by atoms with Gasteiger partial charge in [-0.15, -0.1) is 0 Å². The zero-order valence-electron chi connectivity index (χ0n) is 25.5. The lowest BCUT2D eigenvalue weighted by Gasteiger charge is -2.33. The van der Waals surface area contributed by atoms with E-state index in [9.17, 15) is 23.6 Å². The minimum absolute atomic E-state index is 0.0475. The van der Waals surface area contributed by atoms with Crippen molar-refractivity contribution in [2.75, 3.05) is 26.7 Å². The first-order chi connectivity index (χ1) is 22.0. The molecule has 2 atom stereocenters. The summed E-state index contributed by atoms with van der Waals surface area (Å²) in [6, 6.07) is 14.9. The van der Waals surface area contributed by atoms with E-state index in [0.29, 0.717) is 22.2 Å². The van der Waals surface area contributed by atoms with E-state index in [2.05, 4.69) is 0 Å². The molecule has 1 fully saturated rings. The van der Waals surface area contributed by atoms with Gasteiger partial charge in [-0.3, -0.25) is 24.7 Å². The van der Waals surface area contributed by atoms with Crippen LogP contribution < -0.4 is 16.0 Å². The van der Waals surface area contributed by atoms with Crippen molar-refractivity contribution in [3.8, 4) is 5.75 Å². The highest BCUT2D eigenvalue weighted by molar-refractivity contribution is 6.35. The molecule has 3 aromatic rings. The quantitative estimate of drug-likeness (QED) is 0.177. The van der Waals surface area contributed by atoms with E-state index in [-0.39, 0.29) is 38.9 Å². The molecule has 46 heavy (non-hydrogen) atoms. The first-order valence-electron chi connectivity index (χ1n) is 14.8. The molecule has 0 aliphatic carbocycles. The van der Waals surface area contributed by atoms with Crippen LogP contribution in [-0.2, 0) is 33.6 Å². The van der Waals surface area contributed by atoms with Crippen LogP contribution in [0.4, 0.5) is 9.18 Å². The highest BCUT2D eigenvalue weighted by Gasteiger charge is 2.43. The van der Waals surface area contributed by atoms with E-state index in [1.54, 1.807) is 56.5 Å². The molecule has 1 heterocycles. The second-order valence-electron chi connectivity index (χ2n) is 10.9. The third-order valence-electron chi connectivity index (χ3n) is 8.07. The van der Waals surface area contributed by atoms with Crippen molar-refractivity contribution in [2.45, 2.75) is 44.7 Å². The van der Waals surface area contributed by atoms with E-state index in [1.807, 2.05) is 17.6 Å². The summed E-state index contributed by atoms with van der Waals surface area (Å²) in [6.45, 7) is 1.75. The molecule has 0 saturated carbocycles. The lowest BCUT2D eigenvalue weighted by Crippen LogP contribution is -2.57. The van der Waals surface area contributed by atoms with Crippen molar-refractivity contribution in [1.82, 2.24) is 20.1 Å². The Morgan fingerprint density at radius 3 is 2.22 bits per heavy atom. The maximum Gasteiger partial charge on any atom is 0.338 e. The van der Waals surface area contributed by atoms with Crippen LogP contribution in [0.2, 0.25) is 10.0 Å². The Labute approximate surface area is 277 Å². The van der Waals surface area contributed by atoms with Gasteiger partial charge in [-0.05, 0) is 79.3 Å². The van der Waals surface area contributed by atoms with Crippen LogP contribution in [-0.4, -0.2) is 77.3 Å². The van der Waals surface area contributed by atoms with Crippen molar-refractivity contribution < 1.29 is 28.3 Å². The summed E-state index contributed by atoms with van der Waals surface area (Å²) in [6.07, 6.45) is 0.560. The number of halogens is 3. The van der Waals surface area contributed by atoms with Gasteiger partial charge in [0.1, 0.15) is 23.7 Å². The molecule has 3 N–H and O–H groups in total. The predicted octanol–water partition coefficient (Wildman–Crippen LogP) is 4.40. The normalized spacial score (nSPS) is 16.7. The molecule has 0 spiro atoms. The Balaban J connectivity index is 1.61. The number of carbonyl (C=O) groups excluding carboxylic acids is 4. The average Bonchev–Trinajstić information content (AvgIpc) is 3.13. The lowest BCUT2D eigenvalue weighted by molar-refractivity contribution is -0.145. The number of imide groups is 1. The summed E-state index contributed by atoms with van der Waals surface area (Å²) in [7, 11) is 1.55. The largest absolute Gasteiger partial charge is 0.497 e. The number of hydrogen-bond acceptors (Lipinski definition) is 6. The van der Waals surface area contributed by atoms with Crippen LogP contribution in [0.5, 0.6) is 5.75 Å². The zero-order chi connectivity index (χ0) is 33.4. The van der Waals surface area contributed by atoms with Gasteiger partial charge in [-0.1, -0.05) is 53.5 Å². The first-order valence-corrected chi connectivity index (χ1v) is 15.5. The first kappa shape index (κ1) is 34.7. The Hall–Kier alpha value is -4.19. The van der Waals surface area contributed by atoms with E-state index in [0.717, 1.165) is 21.6 Å². The SMILES string of the molecule is COc1ccc(CCN(C(=O)NN)C(=O)C2CC(=O)N(CCc3ccc(Cl)cc3Cl)C(C)C(=O)N2CCc2ccc(F)cc2)cc1. The number of rotatable bonds is 11. The van der Waals surface area contributed by atoms with E-state index < -0.39 is 41.7 Å². The second-order valence-corrected chi connectivity index (χ2v) is 11.8. The van der Waals surface area contributed by atoms with Crippen LogP contribution in [0.15, 0.2) is 66.7 Å². The number of urea groups is 1. The molecule has 1 saturated heterocycles. The highest BCUT2D eigenvalue weighted by Crippen LogP contribution is 2.25. The van der Waals surface area contributed by atoms with Crippen LogP contribution in [0, 0.1) is 5.82 Å². The molecule has 0 bridgehead atoms. The fourth-order valence-corrected chi connectivity index (χ4v) is 5.91. The number of nitrogens with two attached hydrogens (primary N) is 1. The maximum absolute atomic E-state index is 14.1. The van der Waals surface area contributed by atoms with Crippen molar-refractivity contribution >= 4 is 47.0 Å². The van der Waals surface area contributed by atoms with Gasteiger partial charge in [-0.2, -0.15) is 0 Å². The lowest BCUT2D eigenvalue weighted by atomic mass is 10.1. The average molecular weight is 673 g/mol. The fraction of sp³-hybridized carbons (Fsp3) is 0.333. The Morgan fingerprint density at radius 1 is 0.957 bits per heavy atom. The molecule has 3 aromatic carbocycles. The topological polar surface area (TPSA) is 125 Å². The number of ether oxygens (including phenoxy) is 1. The van der Waals surface area contributed by atoms with Gasteiger partial charge in [0.15, 0.2) is 0 Å². The minimum Gasteiger partial charge on any atom is -0.497 e. The zero-order valence-corrected chi connectivity index (χ0v) is 27.1. The molecule has 1 aliphatic rings. The molecule has 5 amide bonds. The number of hydrogen-bond donors (Lipinski definition) is 2. The van der Waals surface area contributed by atoms with E-state index in [4.69, 9.17) is 33.8 Å². The van der Waals surface area contributed by atoms with Crippen LogP contribution in [0.1, 0.15) is 30.0 Å².